The molecule has 0 fully saturated rings. The number of nitrogens with zero attached hydrogens (tertiary/aromatic N) is 3. The van der Waals surface area contributed by atoms with E-state index in [0.717, 1.165) is 18.7 Å². The van der Waals surface area contributed by atoms with Crippen molar-refractivity contribution in [3.63, 3.8) is 0 Å². The van der Waals surface area contributed by atoms with Gasteiger partial charge in [-0.15, -0.1) is 0 Å². The van der Waals surface area contributed by atoms with Crippen LogP contribution in [0.1, 0.15) is 12.1 Å². The summed E-state index contributed by atoms with van der Waals surface area (Å²) < 4.78 is 1.86. The Morgan fingerprint density at radius 1 is 1.62 bits per heavy atom. The highest BCUT2D eigenvalue weighted by atomic mass is 16.2. The first-order chi connectivity index (χ1) is 7.72. The van der Waals surface area contributed by atoms with Crippen LogP contribution in [0.4, 0.5) is 0 Å². The summed E-state index contributed by atoms with van der Waals surface area (Å²) in [6.45, 7) is 4.90. The standard InChI is InChI=1S/C12H15N3O/c1-3-12(16)15-8-5-10(6-9-15)11-4-7-13-14(11)2/h3-5,7H,1,6,8-9H2,2H3. The van der Waals surface area contributed by atoms with Crippen LogP contribution in [-0.2, 0) is 11.8 Å². The van der Waals surface area contributed by atoms with Crippen LogP contribution in [0.25, 0.3) is 5.57 Å². The Labute approximate surface area is 94.9 Å². The molecule has 84 valence electrons. The fourth-order valence-corrected chi connectivity index (χ4v) is 1.92. The van der Waals surface area contributed by atoms with E-state index in [1.165, 1.54) is 11.6 Å². The molecule has 0 spiro atoms. The molecule has 0 radical (unpaired) electrons. The van der Waals surface area contributed by atoms with E-state index in [1.54, 1.807) is 11.1 Å². The predicted octanol–water partition coefficient (Wildman–Crippen LogP) is 1.22. The van der Waals surface area contributed by atoms with Crippen LogP contribution in [0.2, 0.25) is 0 Å². The smallest absolute Gasteiger partial charge is 0.246 e. The molecule has 2 heterocycles. The molecule has 1 amide bonds. The van der Waals surface area contributed by atoms with Gasteiger partial charge < -0.3 is 4.90 Å². The summed E-state index contributed by atoms with van der Waals surface area (Å²) in [5.41, 5.74) is 2.39. The Balaban J connectivity index is 2.12. The van der Waals surface area contributed by atoms with Gasteiger partial charge in [-0.1, -0.05) is 12.7 Å². The van der Waals surface area contributed by atoms with Crippen molar-refractivity contribution in [2.75, 3.05) is 13.1 Å². The first-order valence-corrected chi connectivity index (χ1v) is 5.31. The van der Waals surface area contributed by atoms with Crippen LogP contribution in [0, 0.1) is 0 Å². The maximum atomic E-state index is 11.4. The van der Waals surface area contributed by atoms with Crippen LogP contribution in [-0.4, -0.2) is 33.7 Å². The number of amides is 1. The summed E-state index contributed by atoms with van der Waals surface area (Å²) in [6, 6.07) is 2.00. The highest BCUT2D eigenvalue weighted by Crippen LogP contribution is 2.21. The number of carbonyl (C=O) groups is 1. The number of hydrogen-bond donors (Lipinski definition) is 0. The van der Waals surface area contributed by atoms with Gasteiger partial charge >= 0.3 is 0 Å². The second-order valence-corrected chi connectivity index (χ2v) is 3.81. The topological polar surface area (TPSA) is 38.1 Å². The van der Waals surface area contributed by atoms with Crippen molar-refractivity contribution in [2.24, 2.45) is 7.05 Å². The minimum absolute atomic E-state index is 0.000283. The molecule has 2 rings (SSSR count). The van der Waals surface area contributed by atoms with Gasteiger partial charge in [0.1, 0.15) is 0 Å². The number of rotatable bonds is 2. The molecule has 16 heavy (non-hydrogen) atoms. The monoisotopic (exact) mass is 217 g/mol. The van der Waals surface area contributed by atoms with Crippen LogP contribution < -0.4 is 0 Å². The molecule has 1 aromatic heterocycles. The largest absolute Gasteiger partial charge is 0.335 e. The first kappa shape index (κ1) is 10.7. The zero-order valence-corrected chi connectivity index (χ0v) is 9.39. The fourth-order valence-electron chi connectivity index (χ4n) is 1.92. The third kappa shape index (κ3) is 1.91. The SMILES string of the molecule is C=CC(=O)N1CC=C(c2ccnn2C)CC1. The highest BCUT2D eigenvalue weighted by Gasteiger charge is 2.16. The quantitative estimate of drug-likeness (QED) is 0.699. The van der Waals surface area contributed by atoms with Gasteiger partial charge in [0, 0.05) is 26.3 Å². The molecular formula is C12H15N3O. The van der Waals surface area contributed by atoms with E-state index in [1.807, 2.05) is 17.8 Å². The maximum absolute atomic E-state index is 11.4. The summed E-state index contributed by atoms with van der Waals surface area (Å²) in [7, 11) is 1.93. The second-order valence-electron chi connectivity index (χ2n) is 3.81. The van der Waals surface area contributed by atoms with E-state index in [2.05, 4.69) is 17.8 Å². The first-order valence-electron chi connectivity index (χ1n) is 5.31. The molecule has 1 aliphatic heterocycles. The van der Waals surface area contributed by atoms with Gasteiger partial charge in [-0.05, 0) is 24.1 Å². The molecule has 0 bridgehead atoms. The van der Waals surface area contributed by atoms with Gasteiger partial charge in [0.05, 0.1) is 5.69 Å². The Bertz CT molecular complexity index is 445. The zero-order chi connectivity index (χ0) is 11.5. The Kier molecular flexibility index (Phi) is 2.90. The molecule has 4 heteroatoms. The normalized spacial score (nSPS) is 15.8. The van der Waals surface area contributed by atoms with Crippen molar-refractivity contribution >= 4 is 11.5 Å². The van der Waals surface area contributed by atoms with Crippen molar-refractivity contribution in [3.05, 3.63) is 36.7 Å². The van der Waals surface area contributed by atoms with Crippen LogP contribution in [0.15, 0.2) is 31.0 Å². The van der Waals surface area contributed by atoms with Gasteiger partial charge in [0.25, 0.3) is 0 Å². The zero-order valence-electron chi connectivity index (χ0n) is 9.39. The molecule has 0 atom stereocenters. The maximum Gasteiger partial charge on any atom is 0.246 e. The molecule has 0 unspecified atom stereocenters. The molecule has 0 aromatic carbocycles. The lowest BCUT2D eigenvalue weighted by atomic mass is 10.0. The average Bonchev–Trinajstić information content (AvgIpc) is 2.75. The summed E-state index contributed by atoms with van der Waals surface area (Å²) in [4.78, 5) is 13.2. The summed E-state index contributed by atoms with van der Waals surface area (Å²) in [5, 5.41) is 4.14. The molecule has 1 aliphatic rings. The summed E-state index contributed by atoms with van der Waals surface area (Å²) in [6.07, 6.45) is 6.11. The van der Waals surface area contributed by atoms with Gasteiger partial charge in [-0.2, -0.15) is 5.10 Å². The van der Waals surface area contributed by atoms with Gasteiger partial charge in [-0.3, -0.25) is 9.48 Å². The lowest BCUT2D eigenvalue weighted by molar-refractivity contribution is -0.125. The van der Waals surface area contributed by atoms with Crippen molar-refractivity contribution < 1.29 is 4.79 Å². The lowest BCUT2D eigenvalue weighted by Gasteiger charge is -2.25. The van der Waals surface area contributed by atoms with E-state index >= 15 is 0 Å². The number of aromatic nitrogens is 2. The van der Waals surface area contributed by atoms with Gasteiger partial charge in [0.2, 0.25) is 5.91 Å². The van der Waals surface area contributed by atoms with Crippen LogP contribution in [0.5, 0.6) is 0 Å². The van der Waals surface area contributed by atoms with Gasteiger partial charge in [-0.25, -0.2) is 0 Å². The third-order valence-corrected chi connectivity index (χ3v) is 2.85. The molecule has 0 saturated heterocycles. The van der Waals surface area contributed by atoms with Crippen LogP contribution >= 0.6 is 0 Å². The molecule has 1 aromatic rings. The summed E-state index contributed by atoms with van der Waals surface area (Å²) in [5.74, 6) is 0.000283. The highest BCUT2D eigenvalue weighted by molar-refractivity contribution is 5.87. The fraction of sp³-hybridized carbons (Fsp3) is 0.333. The van der Waals surface area contributed by atoms with Crippen molar-refractivity contribution in [1.82, 2.24) is 14.7 Å². The van der Waals surface area contributed by atoms with Crippen molar-refractivity contribution in [2.45, 2.75) is 6.42 Å². The number of aryl methyl sites for hydroxylation is 1. The minimum Gasteiger partial charge on any atom is -0.335 e. The molecule has 0 saturated carbocycles. The Morgan fingerprint density at radius 2 is 2.44 bits per heavy atom. The van der Waals surface area contributed by atoms with Crippen LogP contribution in [0.3, 0.4) is 0 Å². The molecule has 4 nitrogen and oxygen atoms in total. The van der Waals surface area contributed by atoms with Crippen molar-refractivity contribution in [1.29, 1.82) is 0 Å². The lowest BCUT2D eigenvalue weighted by Crippen LogP contribution is -2.33. The number of hydrogen-bond acceptors (Lipinski definition) is 2. The Hall–Kier alpha value is -1.84. The molecule has 0 N–H and O–H groups in total. The predicted molar refractivity (Wildman–Crippen MR) is 62.6 cm³/mol. The average molecular weight is 217 g/mol. The summed E-state index contributed by atoms with van der Waals surface area (Å²) >= 11 is 0. The van der Waals surface area contributed by atoms with E-state index in [4.69, 9.17) is 0 Å². The molecular weight excluding hydrogens is 202 g/mol. The second kappa shape index (κ2) is 4.35. The van der Waals surface area contributed by atoms with E-state index in [9.17, 15) is 4.79 Å². The minimum atomic E-state index is 0.000283. The van der Waals surface area contributed by atoms with E-state index in [0.29, 0.717) is 6.54 Å². The Morgan fingerprint density at radius 3 is 2.94 bits per heavy atom. The van der Waals surface area contributed by atoms with E-state index < -0.39 is 0 Å². The van der Waals surface area contributed by atoms with E-state index in [-0.39, 0.29) is 5.91 Å². The molecule has 0 aliphatic carbocycles. The number of carbonyl (C=O) groups excluding carboxylic acids is 1. The van der Waals surface area contributed by atoms with Crippen molar-refractivity contribution in [3.8, 4) is 0 Å². The van der Waals surface area contributed by atoms with Gasteiger partial charge in [0.15, 0.2) is 0 Å². The third-order valence-electron chi connectivity index (χ3n) is 2.85.